The number of nitrogens with one attached hydrogen (secondary N) is 2. The molecule has 0 aliphatic carbocycles. The van der Waals surface area contributed by atoms with Crippen molar-refractivity contribution in [1.29, 1.82) is 0 Å². The molecule has 174 valence electrons. The Hall–Kier alpha value is -2.72. The van der Waals surface area contributed by atoms with Crippen LogP contribution in [0.5, 0.6) is 0 Å². The van der Waals surface area contributed by atoms with Gasteiger partial charge in [-0.2, -0.15) is 0 Å². The molecule has 0 atom stereocenters. The van der Waals surface area contributed by atoms with E-state index in [1.807, 2.05) is 6.92 Å². The van der Waals surface area contributed by atoms with Crippen LogP contribution in [-0.4, -0.2) is 34.5 Å². The number of esters is 1. The van der Waals surface area contributed by atoms with Crippen molar-refractivity contribution < 1.29 is 29.0 Å². The number of carboxylic acids is 1. The number of unbranched alkanes of at least 4 members (excludes halogenated alkanes) is 1. The van der Waals surface area contributed by atoms with Crippen molar-refractivity contribution in [2.75, 3.05) is 10.6 Å². The molecule has 2 heterocycles. The molecule has 0 aromatic carbocycles. The predicted molar refractivity (Wildman–Crippen MR) is 126 cm³/mol. The van der Waals surface area contributed by atoms with Gasteiger partial charge < -0.3 is 20.5 Å². The van der Waals surface area contributed by atoms with Gasteiger partial charge in [0.1, 0.15) is 15.6 Å². The molecule has 32 heavy (non-hydrogen) atoms. The summed E-state index contributed by atoms with van der Waals surface area (Å²) in [7, 11) is 0. The van der Waals surface area contributed by atoms with Gasteiger partial charge in [-0.05, 0) is 59.6 Å². The summed E-state index contributed by atoms with van der Waals surface area (Å²) < 4.78 is 5.39. The molecule has 0 saturated heterocycles. The maximum atomic E-state index is 12.4. The normalized spacial score (nSPS) is 11.2. The summed E-state index contributed by atoms with van der Waals surface area (Å²) in [4.78, 5) is 49.7. The van der Waals surface area contributed by atoms with Gasteiger partial charge in [0.05, 0.1) is 11.1 Å². The Kier molecular flexibility index (Phi) is 8.57. The smallest absolute Gasteiger partial charge is 0.341 e. The van der Waals surface area contributed by atoms with E-state index >= 15 is 0 Å². The summed E-state index contributed by atoms with van der Waals surface area (Å²) in [5.41, 5.74) is -0.232. The minimum atomic E-state index is -1.09. The maximum Gasteiger partial charge on any atom is 0.341 e. The molecule has 0 radical (unpaired) electrons. The lowest BCUT2D eigenvalue weighted by molar-refractivity contribution is -0.118. The van der Waals surface area contributed by atoms with Crippen LogP contribution in [0.15, 0.2) is 12.1 Å². The molecule has 0 spiro atoms. The van der Waals surface area contributed by atoms with Crippen LogP contribution in [-0.2, 0) is 14.3 Å². The summed E-state index contributed by atoms with van der Waals surface area (Å²) in [5.74, 6) is -2.12. The first kappa shape index (κ1) is 25.5. The molecular weight excluding hydrogens is 452 g/mol. The number of ether oxygens (including phenoxy) is 1. The van der Waals surface area contributed by atoms with E-state index in [-0.39, 0.29) is 30.2 Å². The van der Waals surface area contributed by atoms with E-state index in [9.17, 15) is 24.3 Å². The van der Waals surface area contributed by atoms with Crippen LogP contribution < -0.4 is 10.6 Å². The Bertz CT molecular complexity index is 1020. The van der Waals surface area contributed by atoms with Crippen molar-refractivity contribution in [2.24, 2.45) is 0 Å². The fourth-order valence-electron chi connectivity index (χ4n) is 2.81. The molecule has 0 saturated carbocycles. The highest BCUT2D eigenvalue weighted by molar-refractivity contribution is 7.17. The first-order valence-corrected chi connectivity index (χ1v) is 11.8. The minimum absolute atomic E-state index is 0.0762. The van der Waals surface area contributed by atoms with Crippen molar-refractivity contribution >= 4 is 56.4 Å². The summed E-state index contributed by atoms with van der Waals surface area (Å²) in [6.07, 6.45) is 1.30. The fourth-order valence-corrected chi connectivity index (χ4v) is 4.64. The molecule has 2 aromatic rings. The van der Waals surface area contributed by atoms with Crippen molar-refractivity contribution in [3.05, 3.63) is 33.0 Å². The molecule has 8 nitrogen and oxygen atoms in total. The lowest BCUT2D eigenvalue weighted by Gasteiger charge is -2.19. The highest BCUT2D eigenvalue weighted by Crippen LogP contribution is 2.30. The number of carbonyl (C=O) groups is 4. The number of rotatable bonds is 9. The molecule has 2 rings (SSSR count). The Balaban J connectivity index is 1.82. The van der Waals surface area contributed by atoms with Gasteiger partial charge in [0.15, 0.2) is 0 Å². The van der Waals surface area contributed by atoms with Gasteiger partial charge in [-0.25, -0.2) is 9.59 Å². The second kappa shape index (κ2) is 10.7. The van der Waals surface area contributed by atoms with Crippen molar-refractivity contribution in [3.63, 3.8) is 0 Å². The van der Waals surface area contributed by atoms with Gasteiger partial charge in [0.2, 0.25) is 11.8 Å². The molecule has 3 N–H and O–H groups in total. The van der Waals surface area contributed by atoms with E-state index in [0.717, 1.165) is 9.75 Å². The summed E-state index contributed by atoms with van der Waals surface area (Å²) in [6, 6.07) is 3.21. The van der Waals surface area contributed by atoms with Crippen LogP contribution >= 0.6 is 22.7 Å². The standard InChI is InChI=1S/C22H28N2O6S2/c1-12-10-14(20(27)28)18(31-12)23-16(25)8-6-7-9-17(26)24-19-15(11-13(2)32-19)21(29)30-22(3,4)5/h10-11H,6-9H2,1-5H3,(H,23,25)(H,24,26)(H,27,28). The van der Waals surface area contributed by atoms with Gasteiger partial charge in [-0.3, -0.25) is 9.59 Å². The number of aryl methyl sites for hydroxylation is 2. The second-order valence-electron chi connectivity index (χ2n) is 8.31. The number of thiophene rings is 2. The molecule has 0 unspecified atom stereocenters. The van der Waals surface area contributed by atoms with E-state index < -0.39 is 17.5 Å². The zero-order chi connectivity index (χ0) is 24.1. The van der Waals surface area contributed by atoms with E-state index in [0.29, 0.717) is 28.4 Å². The van der Waals surface area contributed by atoms with E-state index in [1.165, 1.54) is 28.7 Å². The van der Waals surface area contributed by atoms with E-state index in [4.69, 9.17) is 4.74 Å². The molecular formula is C22H28N2O6S2. The van der Waals surface area contributed by atoms with Gasteiger partial charge in [-0.1, -0.05) is 0 Å². The van der Waals surface area contributed by atoms with Gasteiger partial charge in [0, 0.05) is 22.6 Å². The van der Waals surface area contributed by atoms with Crippen LogP contribution in [0, 0.1) is 13.8 Å². The van der Waals surface area contributed by atoms with Crippen LogP contribution in [0.2, 0.25) is 0 Å². The van der Waals surface area contributed by atoms with Crippen molar-refractivity contribution in [1.82, 2.24) is 0 Å². The summed E-state index contributed by atoms with van der Waals surface area (Å²) in [5, 5.41) is 15.3. The third-order valence-electron chi connectivity index (χ3n) is 4.12. The molecule has 0 fully saturated rings. The highest BCUT2D eigenvalue weighted by atomic mass is 32.1. The van der Waals surface area contributed by atoms with E-state index in [1.54, 1.807) is 33.8 Å². The zero-order valence-corrected chi connectivity index (χ0v) is 20.4. The number of aromatic carboxylic acids is 1. The first-order chi connectivity index (χ1) is 14.9. The highest BCUT2D eigenvalue weighted by Gasteiger charge is 2.23. The number of carboxylic acid groups (broad SMARTS) is 1. The fraction of sp³-hybridized carbons (Fsp3) is 0.455. The quantitative estimate of drug-likeness (QED) is 0.334. The molecule has 0 aliphatic rings. The largest absolute Gasteiger partial charge is 0.478 e. The number of hydrogen-bond donors (Lipinski definition) is 3. The molecule has 10 heteroatoms. The van der Waals surface area contributed by atoms with Crippen LogP contribution in [0.3, 0.4) is 0 Å². The molecule has 2 amide bonds. The SMILES string of the molecule is Cc1cc(C(=O)O)c(NC(=O)CCCCC(=O)Nc2sc(C)cc2C(=O)OC(C)(C)C)s1. The number of anilines is 2. The summed E-state index contributed by atoms with van der Waals surface area (Å²) >= 11 is 2.52. The third kappa shape index (κ3) is 7.76. The maximum absolute atomic E-state index is 12.4. The number of amides is 2. The number of hydrogen-bond acceptors (Lipinski definition) is 7. The molecule has 0 aliphatic heterocycles. The minimum Gasteiger partial charge on any atom is -0.478 e. The van der Waals surface area contributed by atoms with Crippen LogP contribution in [0.25, 0.3) is 0 Å². The predicted octanol–water partition coefficient (Wildman–Crippen LogP) is 5.22. The van der Waals surface area contributed by atoms with Crippen molar-refractivity contribution in [3.8, 4) is 0 Å². The Morgan fingerprint density at radius 3 is 1.75 bits per heavy atom. The third-order valence-corrected chi connectivity index (χ3v) is 6.06. The topological polar surface area (TPSA) is 122 Å². The molecule has 2 aromatic heterocycles. The average molecular weight is 481 g/mol. The van der Waals surface area contributed by atoms with E-state index in [2.05, 4.69) is 10.6 Å². The Labute approximate surface area is 195 Å². The lowest BCUT2D eigenvalue weighted by Crippen LogP contribution is -2.24. The summed E-state index contributed by atoms with van der Waals surface area (Å²) in [6.45, 7) is 8.95. The average Bonchev–Trinajstić information content (AvgIpc) is 3.19. The van der Waals surface area contributed by atoms with Crippen LogP contribution in [0.1, 0.15) is 76.9 Å². The van der Waals surface area contributed by atoms with Crippen molar-refractivity contribution in [2.45, 2.75) is 65.9 Å². The van der Waals surface area contributed by atoms with Gasteiger partial charge in [0.25, 0.3) is 0 Å². The zero-order valence-electron chi connectivity index (χ0n) is 18.8. The lowest BCUT2D eigenvalue weighted by atomic mass is 10.1. The Morgan fingerprint density at radius 2 is 1.31 bits per heavy atom. The van der Waals surface area contributed by atoms with Crippen LogP contribution in [0.4, 0.5) is 10.0 Å². The molecule has 0 bridgehead atoms. The Morgan fingerprint density at radius 1 is 0.875 bits per heavy atom. The van der Waals surface area contributed by atoms with Gasteiger partial charge in [-0.15, -0.1) is 22.7 Å². The first-order valence-electron chi connectivity index (χ1n) is 10.1. The monoisotopic (exact) mass is 480 g/mol. The number of carbonyl (C=O) groups excluding carboxylic acids is 3. The second-order valence-corrected chi connectivity index (χ2v) is 10.8. The van der Waals surface area contributed by atoms with Gasteiger partial charge >= 0.3 is 11.9 Å².